The molecule has 16 heavy (non-hydrogen) atoms. The third-order valence-electron chi connectivity index (χ3n) is 2.16. The highest BCUT2D eigenvalue weighted by Gasteiger charge is 2.10. The van der Waals surface area contributed by atoms with Gasteiger partial charge in [-0.25, -0.2) is 4.79 Å². The minimum Gasteiger partial charge on any atom is -0.477 e. The van der Waals surface area contributed by atoms with Gasteiger partial charge in [0.15, 0.2) is 0 Å². The van der Waals surface area contributed by atoms with Crippen molar-refractivity contribution in [3.8, 4) is 0 Å². The number of carboxylic acids is 1. The van der Waals surface area contributed by atoms with E-state index in [9.17, 15) is 9.59 Å². The van der Waals surface area contributed by atoms with Gasteiger partial charge in [0.1, 0.15) is 5.69 Å². The summed E-state index contributed by atoms with van der Waals surface area (Å²) in [5.74, 6) is -1.09. The first kappa shape index (κ1) is 10.6. The average molecular weight is 235 g/mol. The van der Waals surface area contributed by atoms with E-state index in [0.717, 1.165) is 4.88 Å². The summed E-state index contributed by atoms with van der Waals surface area (Å²) in [6.45, 7) is 0.305. The van der Waals surface area contributed by atoms with Gasteiger partial charge in [0.2, 0.25) is 0 Å². The molecule has 5 heteroatoms. The van der Waals surface area contributed by atoms with Crippen LogP contribution in [0, 0.1) is 0 Å². The molecule has 2 aromatic rings. The Labute approximate surface area is 95.4 Å². The Hall–Kier alpha value is -1.88. The lowest BCUT2D eigenvalue weighted by Crippen LogP contribution is -2.25. The van der Waals surface area contributed by atoms with Crippen molar-refractivity contribution in [3.63, 3.8) is 0 Å². The molecule has 0 saturated carbocycles. The number of hydrogen-bond donors (Lipinski definition) is 1. The van der Waals surface area contributed by atoms with Crippen LogP contribution in [0.15, 0.2) is 40.5 Å². The maximum atomic E-state index is 11.6. The summed E-state index contributed by atoms with van der Waals surface area (Å²) < 4.78 is 1.26. The van der Waals surface area contributed by atoms with Crippen LogP contribution in [0.1, 0.15) is 15.4 Å². The molecule has 0 amide bonds. The zero-order valence-electron chi connectivity index (χ0n) is 8.29. The van der Waals surface area contributed by atoms with Crippen molar-refractivity contribution in [2.45, 2.75) is 6.54 Å². The van der Waals surface area contributed by atoms with Crippen LogP contribution in [0.3, 0.4) is 0 Å². The zero-order valence-corrected chi connectivity index (χ0v) is 9.11. The molecule has 0 aliphatic rings. The largest absolute Gasteiger partial charge is 0.477 e. The first-order valence-corrected chi connectivity index (χ1v) is 5.52. The van der Waals surface area contributed by atoms with Crippen molar-refractivity contribution in [1.82, 2.24) is 4.57 Å². The number of thiophene rings is 1. The number of rotatable bonds is 3. The van der Waals surface area contributed by atoms with Crippen molar-refractivity contribution >= 4 is 17.3 Å². The van der Waals surface area contributed by atoms with Gasteiger partial charge >= 0.3 is 5.97 Å². The Bertz CT molecular complexity index is 557. The van der Waals surface area contributed by atoms with Crippen LogP contribution in [0.2, 0.25) is 0 Å². The molecular formula is C11H9NO3S. The number of nitrogens with zero attached hydrogens (tertiary/aromatic N) is 1. The van der Waals surface area contributed by atoms with Gasteiger partial charge in [-0.15, -0.1) is 11.3 Å². The van der Waals surface area contributed by atoms with Crippen LogP contribution in [0.5, 0.6) is 0 Å². The zero-order chi connectivity index (χ0) is 11.5. The quantitative estimate of drug-likeness (QED) is 0.880. The Balaban J connectivity index is 2.46. The molecule has 1 N–H and O–H groups in total. The molecule has 0 aromatic carbocycles. The fourth-order valence-corrected chi connectivity index (χ4v) is 2.12. The molecule has 0 unspecified atom stereocenters. The second kappa shape index (κ2) is 4.32. The second-order valence-corrected chi connectivity index (χ2v) is 4.25. The third-order valence-corrected chi connectivity index (χ3v) is 3.02. The fraction of sp³-hybridized carbons (Fsp3) is 0.0909. The molecule has 0 fully saturated rings. The van der Waals surface area contributed by atoms with Gasteiger partial charge in [-0.05, 0) is 17.5 Å². The SMILES string of the molecule is O=C(O)c1cccc(=O)n1Cc1cccs1. The van der Waals surface area contributed by atoms with Gasteiger partial charge in [0, 0.05) is 10.9 Å². The van der Waals surface area contributed by atoms with Crippen LogP contribution in [0.4, 0.5) is 0 Å². The molecule has 0 aliphatic carbocycles. The monoisotopic (exact) mass is 235 g/mol. The molecule has 2 heterocycles. The van der Waals surface area contributed by atoms with E-state index in [2.05, 4.69) is 0 Å². The summed E-state index contributed by atoms with van der Waals surface area (Å²) in [5.41, 5.74) is -0.283. The van der Waals surface area contributed by atoms with Crippen LogP contribution in [-0.4, -0.2) is 15.6 Å². The molecule has 82 valence electrons. The molecular weight excluding hydrogens is 226 g/mol. The normalized spacial score (nSPS) is 10.2. The molecule has 4 nitrogen and oxygen atoms in total. The first-order chi connectivity index (χ1) is 7.68. The second-order valence-electron chi connectivity index (χ2n) is 3.22. The Morgan fingerprint density at radius 1 is 1.31 bits per heavy atom. The van der Waals surface area contributed by atoms with Crippen molar-refractivity contribution in [2.75, 3.05) is 0 Å². The smallest absolute Gasteiger partial charge is 0.352 e. The van der Waals surface area contributed by atoms with Crippen LogP contribution in [-0.2, 0) is 6.54 Å². The third kappa shape index (κ3) is 2.04. The number of aromatic nitrogens is 1. The highest BCUT2D eigenvalue weighted by atomic mass is 32.1. The van der Waals surface area contributed by atoms with E-state index in [0.29, 0.717) is 6.54 Å². The van der Waals surface area contributed by atoms with E-state index in [1.54, 1.807) is 0 Å². The van der Waals surface area contributed by atoms with Gasteiger partial charge in [-0.1, -0.05) is 12.1 Å². The molecule has 0 radical (unpaired) electrons. The van der Waals surface area contributed by atoms with Crippen molar-refractivity contribution < 1.29 is 9.90 Å². The lowest BCUT2D eigenvalue weighted by atomic mass is 10.3. The van der Waals surface area contributed by atoms with Crippen molar-refractivity contribution in [3.05, 3.63) is 56.6 Å². The highest BCUT2D eigenvalue weighted by Crippen LogP contribution is 2.10. The van der Waals surface area contributed by atoms with E-state index < -0.39 is 5.97 Å². The number of hydrogen-bond acceptors (Lipinski definition) is 3. The number of carbonyl (C=O) groups is 1. The average Bonchev–Trinajstić information content (AvgIpc) is 2.73. The minimum absolute atomic E-state index is 0.0147. The minimum atomic E-state index is -1.09. The van der Waals surface area contributed by atoms with Crippen LogP contribution < -0.4 is 5.56 Å². The summed E-state index contributed by atoms with van der Waals surface area (Å²) >= 11 is 1.49. The molecule has 0 saturated heterocycles. The number of pyridine rings is 1. The lowest BCUT2D eigenvalue weighted by Gasteiger charge is -2.07. The van der Waals surface area contributed by atoms with Gasteiger partial charge in [-0.3, -0.25) is 9.36 Å². The van der Waals surface area contributed by atoms with Gasteiger partial charge in [0.25, 0.3) is 5.56 Å². The molecule has 0 spiro atoms. The Morgan fingerprint density at radius 3 is 2.75 bits per heavy atom. The molecule has 2 rings (SSSR count). The summed E-state index contributed by atoms with van der Waals surface area (Å²) in [5, 5.41) is 10.9. The van der Waals surface area contributed by atoms with E-state index >= 15 is 0 Å². The maximum absolute atomic E-state index is 11.6. The Morgan fingerprint density at radius 2 is 2.12 bits per heavy atom. The number of carboxylic acid groups (broad SMARTS) is 1. The first-order valence-electron chi connectivity index (χ1n) is 4.64. The molecule has 0 bridgehead atoms. The van der Waals surface area contributed by atoms with Crippen LogP contribution >= 0.6 is 11.3 Å². The van der Waals surface area contributed by atoms with E-state index in [4.69, 9.17) is 5.11 Å². The van der Waals surface area contributed by atoms with E-state index in [-0.39, 0.29) is 11.3 Å². The molecule has 0 aliphatic heterocycles. The predicted molar refractivity (Wildman–Crippen MR) is 61.1 cm³/mol. The Kier molecular flexibility index (Phi) is 2.87. The summed E-state index contributed by atoms with van der Waals surface area (Å²) in [7, 11) is 0. The molecule has 0 atom stereocenters. The summed E-state index contributed by atoms with van der Waals surface area (Å²) in [4.78, 5) is 23.5. The van der Waals surface area contributed by atoms with E-state index in [1.165, 1.54) is 34.1 Å². The van der Waals surface area contributed by atoms with Gasteiger partial charge < -0.3 is 5.11 Å². The lowest BCUT2D eigenvalue weighted by molar-refractivity contribution is 0.0684. The summed E-state index contributed by atoms with van der Waals surface area (Å²) in [6.07, 6.45) is 0. The van der Waals surface area contributed by atoms with Crippen LogP contribution in [0.25, 0.3) is 0 Å². The van der Waals surface area contributed by atoms with Crippen molar-refractivity contribution in [2.24, 2.45) is 0 Å². The van der Waals surface area contributed by atoms with Crippen molar-refractivity contribution in [1.29, 1.82) is 0 Å². The predicted octanol–water partition coefficient (Wildman–Crippen LogP) is 1.66. The van der Waals surface area contributed by atoms with Gasteiger partial charge in [0.05, 0.1) is 6.54 Å². The fourth-order valence-electron chi connectivity index (χ4n) is 1.43. The standard InChI is InChI=1S/C11H9NO3S/c13-10-5-1-4-9(11(14)15)12(10)7-8-3-2-6-16-8/h1-6H,7H2,(H,14,15). The maximum Gasteiger partial charge on any atom is 0.352 e. The highest BCUT2D eigenvalue weighted by molar-refractivity contribution is 7.09. The molecule has 2 aromatic heterocycles. The number of aromatic carboxylic acids is 1. The van der Waals surface area contributed by atoms with Gasteiger partial charge in [-0.2, -0.15) is 0 Å². The summed E-state index contributed by atoms with van der Waals surface area (Å²) in [6, 6.07) is 7.98. The van der Waals surface area contributed by atoms with E-state index in [1.807, 2.05) is 17.5 Å². The topological polar surface area (TPSA) is 59.3 Å².